The normalized spacial score (nSPS) is 21.2. The minimum absolute atomic E-state index is 0.0849. The summed E-state index contributed by atoms with van der Waals surface area (Å²) in [6, 6.07) is 10.4. The average molecular weight is 408 g/mol. The molecule has 0 saturated carbocycles. The molecule has 4 rings (SSSR count). The molecule has 9 heteroatoms. The van der Waals surface area contributed by atoms with Crippen LogP contribution in [0.5, 0.6) is 0 Å². The van der Waals surface area contributed by atoms with Gasteiger partial charge in [-0.3, -0.25) is 4.79 Å². The first-order valence-electron chi connectivity index (χ1n) is 7.91. The molecule has 1 aliphatic heterocycles. The Labute approximate surface area is 162 Å². The molecule has 0 amide bonds. The summed E-state index contributed by atoms with van der Waals surface area (Å²) in [7, 11) is 0. The lowest BCUT2D eigenvalue weighted by molar-refractivity contribution is 0.250. The zero-order chi connectivity index (χ0) is 19.0. The highest BCUT2D eigenvalue weighted by atomic mass is 35.5. The summed E-state index contributed by atoms with van der Waals surface area (Å²) in [5.74, 6) is -1.41. The molecule has 138 valence electrons. The van der Waals surface area contributed by atoms with Crippen LogP contribution in [0.4, 0.5) is 8.78 Å². The number of aromatic nitrogens is 3. The van der Waals surface area contributed by atoms with E-state index in [1.165, 1.54) is 23.1 Å². The number of hydrogen-bond donors (Lipinski definition) is 0. The minimum atomic E-state index is -1.14. The summed E-state index contributed by atoms with van der Waals surface area (Å²) in [5, 5.41) is 4.93. The van der Waals surface area contributed by atoms with Crippen LogP contribution in [-0.2, 0) is 21.7 Å². The largest absolute Gasteiger partial charge is 0.354 e. The highest BCUT2D eigenvalue weighted by Crippen LogP contribution is 2.59. The van der Waals surface area contributed by atoms with Crippen LogP contribution in [-0.4, -0.2) is 20.4 Å². The van der Waals surface area contributed by atoms with E-state index in [4.69, 9.17) is 16.3 Å². The molecule has 1 aliphatic rings. The number of carbonyl (C=O) groups excluding carboxylic acids is 1. The average Bonchev–Trinajstić information content (AvgIpc) is 3.18. The molecule has 2 heterocycles. The monoisotopic (exact) mass is 407 g/mol. The number of ether oxygens (including phenoxy) is 1. The number of carbonyl (C=O) groups is 1. The van der Waals surface area contributed by atoms with E-state index >= 15 is 0 Å². The number of rotatable bonds is 6. The molecule has 0 spiro atoms. The van der Waals surface area contributed by atoms with E-state index in [1.54, 1.807) is 24.3 Å². The molecule has 1 aromatic heterocycles. The van der Waals surface area contributed by atoms with Gasteiger partial charge < -0.3 is 4.74 Å². The van der Waals surface area contributed by atoms with Crippen molar-refractivity contribution in [3.8, 4) is 0 Å². The molecule has 1 saturated heterocycles. The zero-order valence-electron chi connectivity index (χ0n) is 13.7. The lowest BCUT2D eigenvalue weighted by atomic mass is 9.91. The van der Waals surface area contributed by atoms with Gasteiger partial charge in [0.15, 0.2) is 10.8 Å². The Morgan fingerprint density at radius 3 is 2.85 bits per heavy atom. The molecule has 5 nitrogen and oxygen atoms in total. The second kappa shape index (κ2) is 7.03. The Hall–Kier alpha value is -2.29. The first-order valence-corrected chi connectivity index (χ1v) is 9.17. The maximum Gasteiger partial charge on any atom is 0.193 e. The molecule has 0 N–H and O–H groups in total. The third kappa shape index (κ3) is 3.24. The van der Waals surface area contributed by atoms with Crippen molar-refractivity contribution in [2.24, 2.45) is 0 Å². The molecule has 2 atom stereocenters. The van der Waals surface area contributed by atoms with E-state index in [0.717, 1.165) is 17.8 Å². The van der Waals surface area contributed by atoms with E-state index in [9.17, 15) is 13.6 Å². The molecular formula is C18H12ClF2N3O2S. The van der Waals surface area contributed by atoms with Crippen LogP contribution in [0.25, 0.3) is 0 Å². The van der Waals surface area contributed by atoms with Crippen molar-refractivity contribution in [1.29, 1.82) is 0 Å². The Balaban J connectivity index is 1.78. The van der Waals surface area contributed by atoms with Crippen molar-refractivity contribution in [2.45, 2.75) is 23.4 Å². The fraction of sp³-hybridized carbons (Fsp3) is 0.167. The molecule has 0 unspecified atom stereocenters. The Morgan fingerprint density at radius 2 is 2.11 bits per heavy atom. The van der Waals surface area contributed by atoms with Gasteiger partial charge in [-0.2, -0.15) is 5.10 Å². The van der Waals surface area contributed by atoms with Crippen molar-refractivity contribution >= 4 is 29.0 Å². The van der Waals surface area contributed by atoms with Crippen LogP contribution in [0.1, 0.15) is 17.2 Å². The molecule has 2 aromatic carbocycles. The molecular weight excluding hydrogens is 396 g/mol. The van der Waals surface area contributed by atoms with Crippen LogP contribution < -0.4 is 0 Å². The quantitative estimate of drug-likeness (QED) is 0.349. The summed E-state index contributed by atoms with van der Waals surface area (Å²) in [5.41, 5.74) is 0.360. The van der Waals surface area contributed by atoms with Crippen molar-refractivity contribution < 1.29 is 18.3 Å². The smallest absolute Gasteiger partial charge is 0.193 e. The fourth-order valence-electron chi connectivity index (χ4n) is 3.14. The molecule has 0 aliphatic carbocycles. The number of nitrogens with zero attached hydrogens (tertiary/aromatic N) is 3. The van der Waals surface area contributed by atoms with Crippen LogP contribution in [0.3, 0.4) is 0 Å². The molecule has 1 fully saturated rings. The van der Waals surface area contributed by atoms with Gasteiger partial charge in [0.1, 0.15) is 29.7 Å². The van der Waals surface area contributed by atoms with Crippen molar-refractivity contribution in [1.82, 2.24) is 14.8 Å². The summed E-state index contributed by atoms with van der Waals surface area (Å²) >= 11 is 7.14. The van der Waals surface area contributed by atoms with E-state index < -0.39 is 23.3 Å². The van der Waals surface area contributed by atoms with Gasteiger partial charge in [0, 0.05) is 22.2 Å². The van der Waals surface area contributed by atoms with Gasteiger partial charge >= 0.3 is 0 Å². The predicted octanol–water partition coefficient (Wildman–Crippen LogP) is 4.16. The Morgan fingerprint density at radius 1 is 1.30 bits per heavy atom. The number of halogens is 3. The molecule has 0 radical (unpaired) electrons. The highest BCUT2D eigenvalue weighted by Gasteiger charge is 2.61. The third-order valence-electron chi connectivity index (χ3n) is 4.39. The molecule has 27 heavy (non-hydrogen) atoms. The SMILES string of the molecule is O=CSc1ncnn1C[C@]1(c2ccc(F)cc2F)O[C@@H]1c1ccccc1Cl. The fourth-order valence-corrected chi connectivity index (χ4v) is 3.80. The van der Waals surface area contributed by atoms with Gasteiger partial charge in [0.05, 0.1) is 6.54 Å². The number of epoxide rings is 1. The van der Waals surface area contributed by atoms with E-state index in [0.29, 0.717) is 21.4 Å². The van der Waals surface area contributed by atoms with Gasteiger partial charge in [-0.1, -0.05) is 35.9 Å². The summed E-state index contributed by atoms with van der Waals surface area (Å²) in [4.78, 5) is 14.8. The first kappa shape index (κ1) is 18.1. The Kier molecular flexibility index (Phi) is 4.71. The standard InChI is InChI=1S/C18H12ClF2N3O2S/c19-14-4-2-1-3-12(14)16-18(26-16,13-6-5-11(20)7-15(13)21)8-24-17(27-10-25)22-9-23-24/h1-7,9-10,16H,8H2/t16-,18-/m1/s1. The van der Waals surface area contributed by atoms with Crippen molar-refractivity contribution in [3.05, 3.63) is 76.6 Å². The number of hydrogen-bond acceptors (Lipinski definition) is 5. The predicted molar refractivity (Wildman–Crippen MR) is 95.9 cm³/mol. The van der Waals surface area contributed by atoms with Gasteiger partial charge in [0.2, 0.25) is 0 Å². The summed E-state index contributed by atoms with van der Waals surface area (Å²) in [6.45, 7) is 0.0849. The number of thioether (sulfide) groups is 1. The number of benzene rings is 2. The van der Waals surface area contributed by atoms with Gasteiger partial charge in [-0.25, -0.2) is 18.4 Å². The van der Waals surface area contributed by atoms with Crippen LogP contribution in [0, 0.1) is 11.6 Å². The maximum atomic E-state index is 14.6. The Bertz CT molecular complexity index is 1020. The van der Waals surface area contributed by atoms with Gasteiger partial charge in [0.25, 0.3) is 0 Å². The molecule has 0 bridgehead atoms. The molecule has 3 aromatic rings. The third-order valence-corrected chi connectivity index (χ3v) is 5.35. The van der Waals surface area contributed by atoms with Crippen LogP contribution >= 0.6 is 23.4 Å². The van der Waals surface area contributed by atoms with Gasteiger partial charge in [-0.15, -0.1) is 0 Å². The first-order chi connectivity index (χ1) is 13.0. The van der Waals surface area contributed by atoms with Gasteiger partial charge in [-0.05, 0) is 23.9 Å². The van der Waals surface area contributed by atoms with Crippen molar-refractivity contribution in [3.63, 3.8) is 0 Å². The van der Waals surface area contributed by atoms with Crippen LogP contribution in [0.2, 0.25) is 5.02 Å². The second-order valence-electron chi connectivity index (χ2n) is 5.95. The van der Waals surface area contributed by atoms with Crippen LogP contribution in [0.15, 0.2) is 53.9 Å². The zero-order valence-corrected chi connectivity index (χ0v) is 15.3. The minimum Gasteiger partial charge on any atom is -0.354 e. The van der Waals surface area contributed by atoms with E-state index in [2.05, 4.69) is 10.1 Å². The van der Waals surface area contributed by atoms with Crippen molar-refractivity contribution in [2.75, 3.05) is 0 Å². The lowest BCUT2D eigenvalue weighted by Gasteiger charge is -2.16. The van der Waals surface area contributed by atoms with E-state index in [1.807, 2.05) is 0 Å². The summed E-state index contributed by atoms with van der Waals surface area (Å²) in [6.07, 6.45) is 0.748. The highest BCUT2D eigenvalue weighted by molar-refractivity contribution is 8.11. The topological polar surface area (TPSA) is 60.3 Å². The maximum absolute atomic E-state index is 14.6. The second-order valence-corrected chi connectivity index (χ2v) is 7.15. The lowest BCUT2D eigenvalue weighted by Crippen LogP contribution is -2.22. The van der Waals surface area contributed by atoms with E-state index in [-0.39, 0.29) is 12.1 Å². The summed E-state index contributed by atoms with van der Waals surface area (Å²) < 4.78 is 35.4.